The summed E-state index contributed by atoms with van der Waals surface area (Å²) in [5.41, 5.74) is 0.0596. The van der Waals surface area contributed by atoms with Crippen LogP contribution in [-0.4, -0.2) is 54.0 Å². The molecule has 1 aromatic heterocycles. The molecule has 1 aromatic rings. The van der Waals surface area contributed by atoms with Crippen LogP contribution in [0.5, 0.6) is 0 Å². The van der Waals surface area contributed by atoms with E-state index >= 15 is 0 Å². The Hall–Kier alpha value is -2.01. The molecule has 134 valence electrons. The number of nitrogens with zero attached hydrogens (tertiary/aromatic N) is 3. The van der Waals surface area contributed by atoms with Crippen molar-refractivity contribution >= 4 is 21.4 Å². The van der Waals surface area contributed by atoms with Crippen molar-refractivity contribution in [2.24, 2.45) is 0 Å². The second kappa shape index (κ2) is 7.26. The van der Waals surface area contributed by atoms with Crippen molar-refractivity contribution in [3.8, 4) is 0 Å². The van der Waals surface area contributed by atoms with Gasteiger partial charge in [0.05, 0.1) is 11.0 Å². The summed E-state index contributed by atoms with van der Waals surface area (Å²) in [7, 11) is -3.81. The Balaban J connectivity index is 1.97. The fourth-order valence-corrected chi connectivity index (χ4v) is 3.81. The van der Waals surface area contributed by atoms with Gasteiger partial charge in [-0.25, -0.2) is 13.1 Å². The van der Waals surface area contributed by atoms with Crippen LogP contribution in [0.25, 0.3) is 0 Å². The highest BCUT2D eigenvalue weighted by Gasteiger charge is 2.26. The quantitative estimate of drug-likeness (QED) is 0.537. The van der Waals surface area contributed by atoms with Crippen LogP contribution in [0.15, 0.2) is 0 Å². The van der Waals surface area contributed by atoms with Gasteiger partial charge in [-0.05, 0) is 26.7 Å². The molecule has 2 heterocycles. The molecule has 1 saturated heterocycles. The SMILES string of the molecule is Cc1nn(CS(=O)(=O)CC(=O)NC[C@H]2CCCO2)c(C)c1[N+](=O)[O-]. The second-order valence-electron chi connectivity index (χ2n) is 5.73. The van der Waals surface area contributed by atoms with Gasteiger partial charge in [0.25, 0.3) is 0 Å². The molecule has 0 unspecified atom stereocenters. The van der Waals surface area contributed by atoms with E-state index in [4.69, 9.17) is 4.74 Å². The smallest absolute Gasteiger partial charge is 0.312 e. The van der Waals surface area contributed by atoms with Crippen LogP contribution in [-0.2, 0) is 25.2 Å². The maximum absolute atomic E-state index is 12.1. The van der Waals surface area contributed by atoms with Crippen molar-refractivity contribution in [2.75, 3.05) is 18.9 Å². The number of hydrogen-bond acceptors (Lipinski definition) is 7. The van der Waals surface area contributed by atoms with Gasteiger partial charge in [-0.3, -0.25) is 14.9 Å². The number of nitro groups is 1. The summed E-state index contributed by atoms with van der Waals surface area (Å²) in [5.74, 6) is -1.91. The third-order valence-electron chi connectivity index (χ3n) is 3.75. The number of carbonyl (C=O) groups is 1. The van der Waals surface area contributed by atoms with Crippen LogP contribution >= 0.6 is 0 Å². The summed E-state index contributed by atoms with van der Waals surface area (Å²) < 4.78 is 30.6. The third-order valence-corrected chi connectivity index (χ3v) is 5.09. The summed E-state index contributed by atoms with van der Waals surface area (Å²) >= 11 is 0. The lowest BCUT2D eigenvalue weighted by Gasteiger charge is -2.11. The average Bonchev–Trinajstić information content (AvgIpc) is 3.04. The van der Waals surface area contributed by atoms with Gasteiger partial charge in [0.2, 0.25) is 5.91 Å². The number of carbonyl (C=O) groups excluding carboxylic acids is 1. The highest BCUT2D eigenvalue weighted by molar-refractivity contribution is 7.91. The average molecular weight is 360 g/mol. The van der Waals surface area contributed by atoms with Crippen molar-refractivity contribution in [1.29, 1.82) is 0 Å². The zero-order valence-corrected chi connectivity index (χ0v) is 14.3. The second-order valence-corrected chi connectivity index (χ2v) is 7.77. The molecule has 1 amide bonds. The fourth-order valence-electron chi connectivity index (χ4n) is 2.59. The van der Waals surface area contributed by atoms with E-state index in [1.165, 1.54) is 13.8 Å². The van der Waals surface area contributed by atoms with Crippen molar-refractivity contribution in [1.82, 2.24) is 15.1 Å². The Kier molecular flexibility index (Phi) is 5.54. The fraction of sp³-hybridized carbons (Fsp3) is 0.692. The van der Waals surface area contributed by atoms with E-state index < -0.39 is 32.3 Å². The van der Waals surface area contributed by atoms with Crippen LogP contribution in [0.4, 0.5) is 5.69 Å². The zero-order chi connectivity index (χ0) is 17.9. The molecule has 0 spiro atoms. The number of ether oxygens (including phenoxy) is 1. The van der Waals surface area contributed by atoms with Gasteiger partial charge in [0.15, 0.2) is 9.84 Å². The van der Waals surface area contributed by atoms with E-state index in [0.717, 1.165) is 17.5 Å². The van der Waals surface area contributed by atoms with E-state index in [-0.39, 0.29) is 29.7 Å². The van der Waals surface area contributed by atoms with Crippen LogP contribution in [0, 0.1) is 24.0 Å². The largest absolute Gasteiger partial charge is 0.376 e. The van der Waals surface area contributed by atoms with Crippen LogP contribution in [0.2, 0.25) is 0 Å². The lowest BCUT2D eigenvalue weighted by Crippen LogP contribution is -2.36. The molecule has 11 heteroatoms. The van der Waals surface area contributed by atoms with Gasteiger partial charge >= 0.3 is 5.69 Å². The maximum Gasteiger partial charge on any atom is 0.312 e. The number of aryl methyl sites for hydroxylation is 1. The Morgan fingerprint density at radius 3 is 2.75 bits per heavy atom. The standard InChI is InChI=1S/C13H20N4O6S/c1-9-13(17(19)20)10(2)16(15-9)8-24(21,22)7-12(18)14-6-11-4-3-5-23-11/h11H,3-8H2,1-2H3,(H,14,18)/t11-/m1/s1. The number of aromatic nitrogens is 2. The lowest BCUT2D eigenvalue weighted by atomic mass is 10.2. The van der Waals surface area contributed by atoms with Crippen molar-refractivity contribution < 1.29 is 22.9 Å². The van der Waals surface area contributed by atoms with Gasteiger partial charge in [0.1, 0.15) is 23.0 Å². The first-order valence-corrected chi connectivity index (χ1v) is 9.29. The molecule has 0 aliphatic carbocycles. The first-order chi connectivity index (χ1) is 11.2. The Labute approximate surface area is 139 Å². The molecule has 0 bridgehead atoms. The molecule has 1 aliphatic heterocycles. The normalized spacial score (nSPS) is 17.8. The van der Waals surface area contributed by atoms with Crippen molar-refractivity contribution in [3.63, 3.8) is 0 Å². The first-order valence-electron chi connectivity index (χ1n) is 7.46. The molecule has 24 heavy (non-hydrogen) atoms. The van der Waals surface area contributed by atoms with E-state index in [9.17, 15) is 23.3 Å². The highest BCUT2D eigenvalue weighted by Crippen LogP contribution is 2.22. The first kappa shape index (κ1) is 18.3. The Morgan fingerprint density at radius 2 is 2.21 bits per heavy atom. The van der Waals surface area contributed by atoms with Crippen LogP contribution < -0.4 is 5.32 Å². The molecule has 1 N–H and O–H groups in total. The minimum Gasteiger partial charge on any atom is -0.376 e. The summed E-state index contributed by atoms with van der Waals surface area (Å²) in [5, 5.41) is 17.3. The summed E-state index contributed by atoms with van der Waals surface area (Å²) in [6, 6.07) is 0. The summed E-state index contributed by atoms with van der Waals surface area (Å²) in [6.45, 7) is 3.78. The highest BCUT2D eigenvalue weighted by atomic mass is 32.2. The predicted octanol–water partition coefficient (Wildman–Crippen LogP) is 0.0756. The minimum atomic E-state index is -3.81. The molecule has 0 saturated carbocycles. The molecular formula is C13H20N4O6S. The van der Waals surface area contributed by atoms with E-state index in [0.29, 0.717) is 6.61 Å². The lowest BCUT2D eigenvalue weighted by molar-refractivity contribution is -0.386. The molecule has 2 rings (SSSR count). The van der Waals surface area contributed by atoms with Crippen molar-refractivity contribution in [2.45, 2.75) is 38.7 Å². The predicted molar refractivity (Wildman–Crippen MR) is 84.1 cm³/mol. The van der Waals surface area contributed by atoms with Gasteiger partial charge in [-0.15, -0.1) is 0 Å². The van der Waals surface area contributed by atoms with Gasteiger partial charge in [-0.2, -0.15) is 5.10 Å². The Bertz CT molecular complexity index is 736. The monoisotopic (exact) mass is 360 g/mol. The van der Waals surface area contributed by atoms with Gasteiger partial charge in [0, 0.05) is 13.2 Å². The van der Waals surface area contributed by atoms with Crippen molar-refractivity contribution in [3.05, 3.63) is 21.5 Å². The van der Waals surface area contributed by atoms with Gasteiger partial charge in [-0.1, -0.05) is 0 Å². The van der Waals surface area contributed by atoms with E-state index in [2.05, 4.69) is 10.4 Å². The molecule has 10 nitrogen and oxygen atoms in total. The molecule has 1 aliphatic rings. The number of amides is 1. The number of nitrogens with one attached hydrogen (secondary N) is 1. The third kappa shape index (κ3) is 4.51. The number of sulfone groups is 1. The summed E-state index contributed by atoms with van der Waals surface area (Å²) in [6.07, 6.45) is 1.69. The van der Waals surface area contributed by atoms with Crippen LogP contribution in [0.1, 0.15) is 24.2 Å². The minimum absolute atomic E-state index is 0.0738. The number of hydrogen-bond donors (Lipinski definition) is 1. The van der Waals surface area contributed by atoms with Gasteiger partial charge < -0.3 is 10.1 Å². The summed E-state index contributed by atoms with van der Waals surface area (Å²) in [4.78, 5) is 22.1. The Morgan fingerprint density at radius 1 is 1.50 bits per heavy atom. The topological polar surface area (TPSA) is 133 Å². The maximum atomic E-state index is 12.1. The van der Waals surface area contributed by atoms with E-state index in [1.54, 1.807) is 0 Å². The van der Waals surface area contributed by atoms with Crippen LogP contribution in [0.3, 0.4) is 0 Å². The molecule has 1 atom stereocenters. The molecule has 1 fully saturated rings. The number of rotatable bonds is 7. The molecular weight excluding hydrogens is 340 g/mol. The molecule has 0 aromatic carbocycles. The zero-order valence-electron chi connectivity index (χ0n) is 13.5. The molecule has 0 radical (unpaired) electrons. The van der Waals surface area contributed by atoms with E-state index in [1.807, 2.05) is 0 Å².